The van der Waals surface area contributed by atoms with Gasteiger partial charge in [0.25, 0.3) is 0 Å². The van der Waals surface area contributed by atoms with Gasteiger partial charge >= 0.3 is 13.8 Å². The first-order valence-electron chi connectivity index (χ1n) is 9.90. The van der Waals surface area contributed by atoms with Crippen molar-refractivity contribution in [3.05, 3.63) is 0 Å². The van der Waals surface area contributed by atoms with E-state index in [1.165, 1.54) is 0 Å². The standard InChI is InChI=1S/C18H38NO8P/c1-6-8-10-17(20)24-14-16(27-18(21)11-9-7-2)15-26-28(22,23)25-13-12-19(3,4)5/h16,18,21H,6-15H2,1-5H3/p+1/t16-,18?/m1/s1. The fourth-order valence-corrected chi connectivity index (χ4v) is 2.76. The first kappa shape index (κ1) is 27.5. The van der Waals surface area contributed by atoms with Crippen molar-refractivity contribution in [2.24, 2.45) is 0 Å². The van der Waals surface area contributed by atoms with Crippen molar-refractivity contribution in [2.45, 2.75) is 64.8 Å². The topological polar surface area (TPSA) is 112 Å². The third-order valence-electron chi connectivity index (χ3n) is 3.76. The average Bonchev–Trinajstić information content (AvgIpc) is 2.59. The Labute approximate surface area is 169 Å². The Morgan fingerprint density at radius 2 is 1.71 bits per heavy atom. The Hall–Kier alpha value is -0.540. The minimum Gasteiger partial charge on any atom is -0.463 e. The third-order valence-corrected chi connectivity index (χ3v) is 4.74. The number of hydrogen-bond acceptors (Lipinski definition) is 7. The maximum Gasteiger partial charge on any atom is 0.472 e. The summed E-state index contributed by atoms with van der Waals surface area (Å²) in [7, 11) is 1.52. The number of ether oxygens (including phenoxy) is 2. The quantitative estimate of drug-likeness (QED) is 0.157. The maximum absolute atomic E-state index is 12.0. The van der Waals surface area contributed by atoms with E-state index >= 15 is 0 Å². The van der Waals surface area contributed by atoms with Crippen molar-refractivity contribution in [1.29, 1.82) is 0 Å². The van der Waals surface area contributed by atoms with Crippen LogP contribution in [0.3, 0.4) is 0 Å². The lowest BCUT2D eigenvalue weighted by Gasteiger charge is -2.25. The number of phosphoric acid groups is 1. The van der Waals surface area contributed by atoms with Gasteiger partial charge in [-0.3, -0.25) is 13.8 Å². The lowest BCUT2D eigenvalue weighted by atomic mass is 10.2. The largest absolute Gasteiger partial charge is 0.472 e. The van der Waals surface area contributed by atoms with Crippen molar-refractivity contribution in [3.8, 4) is 0 Å². The van der Waals surface area contributed by atoms with E-state index in [1.54, 1.807) is 0 Å². The number of carbonyl (C=O) groups is 1. The molecule has 168 valence electrons. The van der Waals surface area contributed by atoms with Crippen LogP contribution in [0.25, 0.3) is 0 Å². The van der Waals surface area contributed by atoms with Crippen molar-refractivity contribution in [3.63, 3.8) is 0 Å². The van der Waals surface area contributed by atoms with Crippen molar-refractivity contribution >= 4 is 13.8 Å². The van der Waals surface area contributed by atoms with Gasteiger partial charge in [-0.25, -0.2) is 4.57 Å². The van der Waals surface area contributed by atoms with Crippen LogP contribution in [0.1, 0.15) is 52.4 Å². The molecule has 28 heavy (non-hydrogen) atoms. The highest BCUT2D eigenvalue weighted by molar-refractivity contribution is 7.47. The van der Waals surface area contributed by atoms with Crippen LogP contribution in [-0.2, 0) is 27.9 Å². The molecule has 0 aliphatic heterocycles. The number of likely N-dealkylation sites (N-methyl/N-ethyl adjacent to an activating group) is 1. The van der Waals surface area contributed by atoms with E-state index in [-0.39, 0.29) is 32.2 Å². The fourth-order valence-electron chi connectivity index (χ4n) is 2.02. The van der Waals surface area contributed by atoms with Gasteiger partial charge in [-0.05, 0) is 19.3 Å². The number of esters is 1. The van der Waals surface area contributed by atoms with Crippen LogP contribution < -0.4 is 0 Å². The predicted octanol–water partition coefficient (Wildman–Crippen LogP) is 2.45. The molecule has 0 saturated carbocycles. The summed E-state index contributed by atoms with van der Waals surface area (Å²) in [4.78, 5) is 21.5. The summed E-state index contributed by atoms with van der Waals surface area (Å²) >= 11 is 0. The van der Waals surface area contributed by atoms with Crippen molar-refractivity contribution in [1.82, 2.24) is 0 Å². The molecule has 0 aromatic carbocycles. The molecule has 0 aromatic heterocycles. The monoisotopic (exact) mass is 428 g/mol. The molecular formula is C18H39NO8P+. The molecule has 9 nitrogen and oxygen atoms in total. The van der Waals surface area contributed by atoms with Gasteiger partial charge in [0.2, 0.25) is 0 Å². The Morgan fingerprint density at radius 3 is 2.29 bits per heavy atom. The van der Waals surface area contributed by atoms with Gasteiger partial charge in [-0.2, -0.15) is 0 Å². The molecule has 0 rings (SSSR count). The van der Waals surface area contributed by atoms with E-state index in [0.29, 0.717) is 23.9 Å². The van der Waals surface area contributed by atoms with Crippen LogP contribution in [0, 0.1) is 0 Å². The SMILES string of the molecule is CCCCC(=O)OC[C@H](COP(=O)(O)OCC[N+](C)(C)C)OC(O)CCCC. The van der Waals surface area contributed by atoms with E-state index in [1.807, 2.05) is 35.0 Å². The molecule has 0 heterocycles. The molecule has 2 unspecified atom stereocenters. The van der Waals surface area contributed by atoms with Gasteiger partial charge in [0.05, 0.1) is 27.7 Å². The van der Waals surface area contributed by atoms with Crippen LogP contribution in [-0.4, -0.2) is 80.4 Å². The number of rotatable bonds is 17. The van der Waals surface area contributed by atoms with Crippen molar-refractivity contribution in [2.75, 3.05) is 47.5 Å². The lowest BCUT2D eigenvalue weighted by molar-refractivity contribution is -0.870. The minimum absolute atomic E-state index is 0.0495. The Morgan fingerprint density at radius 1 is 1.07 bits per heavy atom. The molecule has 10 heteroatoms. The number of unbranched alkanes of at least 4 members (excludes halogenated alkanes) is 2. The molecule has 0 amide bonds. The number of hydrogen-bond donors (Lipinski definition) is 2. The van der Waals surface area contributed by atoms with Gasteiger partial charge in [0.15, 0.2) is 6.29 Å². The molecule has 0 spiro atoms. The molecule has 0 aliphatic carbocycles. The summed E-state index contributed by atoms with van der Waals surface area (Å²) in [6.07, 6.45) is 1.98. The number of aliphatic hydroxyl groups excluding tert-OH is 1. The third kappa shape index (κ3) is 16.4. The summed E-state index contributed by atoms with van der Waals surface area (Å²) in [6, 6.07) is 0. The van der Waals surface area contributed by atoms with Gasteiger partial charge < -0.3 is 24.0 Å². The smallest absolute Gasteiger partial charge is 0.463 e. The summed E-state index contributed by atoms with van der Waals surface area (Å²) in [5.74, 6) is -0.384. The predicted molar refractivity (Wildman–Crippen MR) is 106 cm³/mol. The molecule has 0 fully saturated rings. The zero-order valence-corrected chi connectivity index (χ0v) is 18.9. The molecule has 0 radical (unpaired) electrons. The van der Waals surface area contributed by atoms with Gasteiger partial charge in [0.1, 0.15) is 25.9 Å². The maximum atomic E-state index is 12.0. The minimum atomic E-state index is -4.27. The second-order valence-corrected chi connectivity index (χ2v) is 9.21. The number of quaternary nitrogens is 1. The van der Waals surface area contributed by atoms with Crippen molar-refractivity contribution < 1.29 is 42.4 Å². The summed E-state index contributed by atoms with van der Waals surface area (Å²) in [5, 5.41) is 9.93. The molecule has 0 saturated heterocycles. The highest BCUT2D eigenvalue weighted by Gasteiger charge is 2.26. The summed E-state index contributed by atoms with van der Waals surface area (Å²) in [5.41, 5.74) is 0. The summed E-state index contributed by atoms with van der Waals surface area (Å²) in [6.45, 7) is 4.01. The number of nitrogens with zero attached hydrogens (tertiary/aromatic N) is 1. The summed E-state index contributed by atoms with van der Waals surface area (Å²) < 4.78 is 33.1. The van der Waals surface area contributed by atoms with Crippen LogP contribution in [0.4, 0.5) is 0 Å². The molecular weight excluding hydrogens is 389 g/mol. The van der Waals surface area contributed by atoms with Crippen LogP contribution in [0.5, 0.6) is 0 Å². The number of carbonyl (C=O) groups excluding carboxylic acids is 1. The van der Waals surface area contributed by atoms with Crippen LogP contribution in [0.2, 0.25) is 0 Å². The average molecular weight is 428 g/mol. The normalized spacial score (nSPS) is 16.4. The zero-order chi connectivity index (χ0) is 21.6. The second-order valence-electron chi connectivity index (χ2n) is 7.75. The fraction of sp³-hybridized carbons (Fsp3) is 0.944. The highest BCUT2D eigenvalue weighted by Crippen LogP contribution is 2.43. The first-order chi connectivity index (χ1) is 13.0. The van der Waals surface area contributed by atoms with E-state index in [4.69, 9.17) is 18.5 Å². The Balaban J connectivity index is 4.58. The lowest BCUT2D eigenvalue weighted by Crippen LogP contribution is -2.37. The van der Waals surface area contributed by atoms with E-state index in [2.05, 4.69) is 0 Å². The highest BCUT2D eigenvalue weighted by atomic mass is 31.2. The number of phosphoric ester groups is 1. The van der Waals surface area contributed by atoms with Gasteiger partial charge in [0, 0.05) is 6.42 Å². The number of aliphatic hydroxyl groups is 1. The molecule has 3 atom stereocenters. The Kier molecular flexibility index (Phi) is 14.2. The van der Waals surface area contributed by atoms with Gasteiger partial charge in [-0.1, -0.05) is 26.7 Å². The first-order valence-corrected chi connectivity index (χ1v) is 11.4. The van der Waals surface area contributed by atoms with E-state index in [9.17, 15) is 19.4 Å². The van der Waals surface area contributed by atoms with Crippen LogP contribution in [0.15, 0.2) is 0 Å². The zero-order valence-electron chi connectivity index (χ0n) is 18.0. The molecule has 0 aromatic rings. The van der Waals surface area contributed by atoms with Crippen LogP contribution >= 0.6 is 7.82 Å². The molecule has 0 bridgehead atoms. The van der Waals surface area contributed by atoms with E-state index < -0.39 is 20.2 Å². The molecule has 0 aliphatic rings. The Bertz CT molecular complexity index is 469. The van der Waals surface area contributed by atoms with E-state index in [0.717, 1.165) is 19.3 Å². The second kappa shape index (κ2) is 14.4. The molecule has 2 N–H and O–H groups in total. The van der Waals surface area contributed by atoms with Gasteiger partial charge in [-0.15, -0.1) is 0 Å².